The molecule has 0 spiro atoms. The van der Waals surface area contributed by atoms with E-state index in [-0.39, 0.29) is 17.2 Å². The molecule has 2 N–H and O–H groups in total. The Bertz CT molecular complexity index is 416. The summed E-state index contributed by atoms with van der Waals surface area (Å²) in [6, 6.07) is 6.32. The third-order valence-corrected chi connectivity index (χ3v) is 1.94. The fourth-order valence-corrected chi connectivity index (χ4v) is 1.05. The normalized spacial score (nSPS) is 10.5. The first kappa shape index (κ1) is 11.1. The average Bonchev–Trinajstić information content (AvgIpc) is 2.17. The molecule has 0 atom stereocenters. The molecular weight excluding hydrogens is 190 g/mol. The van der Waals surface area contributed by atoms with Crippen molar-refractivity contribution in [3.63, 3.8) is 0 Å². The van der Waals surface area contributed by atoms with E-state index in [9.17, 15) is 9.90 Å². The lowest BCUT2D eigenvalue weighted by atomic mass is 10.1. The van der Waals surface area contributed by atoms with Gasteiger partial charge in [-0.2, -0.15) is 0 Å². The standard InChI is InChI=1S/C12H13NO2/c1-4-12(2,3)13-11(15)9-7-5-6-8-10(9)14/h1,5-8,14H,2-3H3,(H,13,15). The van der Waals surface area contributed by atoms with Crippen LogP contribution in [0.2, 0.25) is 0 Å². The highest BCUT2D eigenvalue weighted by Crippen LogP contribution is 2.16. The molecule has 0 fully saturated rings. The number of benzene rings is 1. The van der Waals surface area contributed by atoms with E-state index in [0.29, 0.717) is 0 Å². The number of carbonyl (C=O) groups excluding carboxylic acids is 1. The number of terminal acetylenes is 1. The summed E-state index contributed by atoms with van der Waals surface area (Å²) in [6.45, 7) is 3.43. The molecule has 1 rings (SSSR count). The quantitative estimate of drug-likeness (QED) is 0.716. The molecule has 1 aromatic carbocycles. The first-order valence-electron chi connectivity index (χ1n) is 4.54. The number of phenolic OH excluding ortho intramolecular Hbond substituents is 1. The van der Waals surface area contributed by atoms with Crippen LogP contribution < -0.4 is 5.32 Å². The monoisotopic (exact) mass is 203 g/mol. The second-order valence-electron chi connectivity index (χ2n) is 3.74. The van der Waals surface area contributed by atoms with Gasteiger partial charge in [0.1, 0.15) is 5.75 Å². The van der Waals surface area contributed by atoms with Crippen LogP contribution in [-0.4, -0.2) is 16.6 Å². The predicted molar refractivity (Wildman–Crippen MR) is 58.5 cm³/mol. The molecule has 0 radical (unpaired) electrons. The summed E-state index contributed by atoms with van der Waals surface area (Å²) in [7, 11) is 0. The van der Waals surface area contributed by atoms with Crippen LogP contribution in [0.4, 0.5) is 0 Å². The Morgan fingerprint density at radius 1 is 1.47 bits per heavy atom. The van der Waals surface area contributed by atoms with E-state index >= 15 is 0 Å². The number of carbonyl (C=O) groups is 1. The Labute approximate surface area is 89.1 Å². The summed E-state index contributed by atoms with van der Waals surface area (Å²) < 4.78 is 0. The lowest BCUT2D eigenvalue weighted by molar-refractivity contribution is 0.0927. The van der Waals surface area contributed by atoms with Gasteiger partial charge in [0.05, 0.1) is 11.1 Å². The predicted octanol–water partition coefficient (Wildman–Crippen LogP) is 1.53. The first-order chi connectivity index (χ1) is 6.96. The highest BCUT2D eigenvalue weighted by atomic mass is 16.3. The third kappa shape index (κ3) is 2.75. The first-order valence-corrected chi connectivity index (χ1v) is 4.54. The van der Waals surface area contributed by atoms with Crippen LogP contribution in [0.1, 0.15) is 24.2 Å². The molecule has 0 saturated carbocycles. The Kier molecular flexibility index (Phi) is 3.01. The van der Waals surface area contributed by atoms with E-state index < -0.39 is 5.54 Å². The Hall–Kier alpha value is -1.95. The second-order valence-corrected chi connectivity index (χ2v) is 3.74. The molecule has 0 saturated heterocycles. The summed E-state index contributed by atoms with van der Waals surface area (Å²) in [5, 5.41) is 12.1. The minimum Gasteiger partial charge on any atom is -0.507 e. The van der Waals surface area contributed by atoms with E-state index in [4.69, 9.17) is 6.42 Å². The van der Waals surface area contributed by atoms with Gasteiger partial charge in [-0.25, -0.2) is 0 Å². The fourth-order valence-electron chi connectivity index (χ4n) is 1.05. The van der Waals surface area contributed by atoms with Gasteiger partial charge in [0, 0.05) is 0 Å². The molecule has 0 aliphatic carbocycles. The molecule has 78 valence electrons. The SMILES string of the molecule is C#CC(C)(C)NC(=O)c1ccccc1O. The lowest BCUT2D eigenvalue weighted by Crippen LogP contribution is -2.42. The van der Waals surface area contributed by atoms with Crippen molar-refractivity contribution in [2.45, 2.75) is 19.4 Å². The van der Waals surface area contributed by atoms with Crippen LogP contribution in [-0.2, 0) is 0 Å². The summed E-state index contributed by atoms with van der Waals surface area (Å²) >= 11 is 0. The van der Waals surface area contributed by atoms with E-state index in [0.717, 1.165) is 0 Å². The van der Waals surface area contributed by atoms with E-state index in [2.05, 4.69) is 11.2 Å². The smallest absolute Gasteiger partial charge is 0.256 e. The minimum atomic E-state index is -0.723. The number of para-hydroxylation sites is 1. The number of amides is 1. The molecule has 3 nitrogen and oxygen atoms in total. The van der Waals surface area contributed by atoms with Gasteiger partial charge in [0.15, 0.2) is 0 Å². The van der Waals surface area contributed by atoms with Crippen molar-refractivity contribution in [1.82, 2.24) is 5.32 Å². The van der Waals surface area contributed by atoms with Gasteiger partial charge in [0.2, 0.25) is 0 Å². The van der Waals surface area contributed by atoms with Crippen molar-refractivity contribution in [3.05, 3.63) is 29.8 Å². The van der Waals surface area contributed by atoms with Gasteiger partial charge >= 0.3 is 0 Å². The van der Waals surface area contributed by atoms with Crippen molar-refractivity contribution in [3.8, 4) is 18.1 Å². The molecule has 0 unspecified atom stereocenters. The number of rotatable bonds is 2. The van der Waals surface area contributed by atoms with Crippen LogP contribution in [0.3, 0.4) is 0 Å². The van der Waals surface area contributed by atoms with Crippen molar-refractivity contribution < 1.29 is 9.90 Å². The Balaban J connectivity index is 2.89. The van der Waals surface area contributed by atoms with Crippen molar-refractivity contribution in [2.24, 2.45) is 0 Å². The maximum atomic E-state index is 11.7. The Morgan fingerprint density at radius 2 is 2.07 bits per heavy atom. The molecule has 1 aromatic rings. The van der Waals surface area contributed by atoms with Crippen LogP contribution in [0.15, 0.2) is 24.3 Å². The molecule has 0 aliphatic rings. The zero-order valence-electron chi connectivity index (χ0n) is 8.74. The van der Waals surface area contributed by atoms with Crippen molar-refractivity contribution in [2.75, 3.05) is 0 Å². The zero-order chi connectivity index (χ0) is 11.5. The van der Waals surface area contributed by atoms with Crippen LogP contribution in [0.5, 0.6) is 5.75 Å². The second kappa shape index (κ2) is 4.05. The van der Waals surface area contributed by atoms with Gasteiger partial charge in [-0.1, -0.05) is 18.1 Å². The van der Waals surface area contributed by atoms with E-state index in [1.54, 1.807) is 26.0 Å². The van der Waals surface area contributed by atoms with E-state index in [1.807, 2.05) is 0 Å². The third-order valence-electron chi connectivity index (χ3n) is 1.94. The van der Waals surface area contributed by atoms with Crippen LogP contribution in [0, 0.1) is 12.3 Å². The average molecular weight is 203 g/mol. The van der Waals surface area contributed by atoms with Crippen molar-refractivity contribution >= 4 is 5.91 Å². The van der Waals surface area contributed by atoms with Crippen LogP contribution >= 0.6 is 0 Å². The highest BCUT2D eigenvalue weighted by molar-refractivity contribution is 5.97. The molecular formula is C12H13NO2. The summed E-state index contributed by atoms with van der Waals surface area (Å²) in [5.74, 6) is 2.02. The molecule has 15 heavy (non-hydrogen) atoms. The lowest BCUT2D eigenvalue weighted by Gasteiger charge is -2.19. The van der Waals surface area contributed by atoms with Crippen molar-refractivity contribution in [1.29, 1.82) is 0 Å². The number of hydrogen-bond acceptors (Lipinski definition) is 2. The molecule has 0 bridgehead atoms. The van der Waals surface area contributed by atoms with Gasteiger partial charge in [-0.3, -0.25) is 4.79 Å². The van der Waals surface area contributed by atoms with Gasteiger partial charge in [-0.15, -0.1) is 6.42 Å². The Morgan fingerprint density at radius 3 is 2.60 bits per heavy atom. The van der Waals surface area contributed by atoms with E-state index in [1.165, 1.54) is 12.1 Å². The largest absolute Gasteiger partial charge is 0.507 e. The summed E-state index contributed by atoms with van der Waals surface area (Å²) in [4.78, 5) is 11.7. The fraction of sp³-hybridized carbons (Fsp3) is 0.250. The minimum absolute atomic E-state index is 0.0529. The maximum absolute atomic E-state index is 11.7. The van der Waals surface area contributed by atoms with Gasteiger partial charge in [-0.05, 0) is 26.0 Å². The molecule has 1 amide bonds. The summed E-state index contributed by atoms with van der Waals surface area (Å²) in [5.41, 5.74) is -0.500. The number of hydrogen-bond donors (Lipinski definition) is 2. The molecule has 3 heteroatoms. The van der Waals surface area contributed by atoms with Gasteiger partial charge in [0.25, 0.3) is 5.91 Å². The summed E-state index contributed by atoms with van der Waals surface area (Å²) in [6.07, 6.45) is 5.24. The number of aromatic hydroxyl groups is 1. The molecule has 0 aromatic heterocycles. The van der Waals surface area contributed by atoms with Crippen LogP contribution in [0.25, 0.3) is 0 Å². The topological polar surface area (TPSA) is 49.3 Å². The maximum Gasteiger partial charge on any atom is 0.256 e. The number of phenols is 1. The highest BCUT2D eigenvalue weighted by Gasteiger charge is 2.19. The van der Waals surface area contributed by atoms with Gasteiger partial charge < -0.3 is 10.4 Å². The molecule has 0 heterocycles. The number of nitrogens with one attached hydrogen (secondary N) is 1. The zero-order valence-corrected chi connectivity index (χ0v) is 8.74. The molecule has 0 aliphatic heterocycles.